The number of hydrogen-bond acceptors (Lipinski definition) is 2. The Hall–Kier alpha value is -1.91. The van der Waals surface area contributed by atoms with Gasteiger partial charge in [-0.3, -0.25) is 0 Å². The first-order chi connectivity index (χ1) is 16.5. The van der Waals surface area contributed by atoms with Gasteiger partial charge in [-0.1, -0.05) is 0 Å². The molecule has 0 atom stereocenters. The Morgan fingerprint density at radius 3 is 1.23 bits per heavy atom. The quantitative estimate of drug-likeness (QED) is 0.292. The van der Waals surface area contributed by atoms with E-state index in [2.05, 4.69) is 105 Å². The Labute approximate surface area is 226 Å². The second-order valence-electron chi connectivity index (χ2n) is 9.76. The summed E-state index contributed by atoms with van der Waals surface area (Å²) < 4.78 is 1.39. The van der Waals surface area contributed by atoms with Crippen LogP contribution in [0, 0.1) is 48.2 Å². The van der Waals surface area contributed by atoms with Crippen molar-refractivity contribution >= 4 is 32.5 Å². The van der Waals surface area contributed by atoms with Crippen LogP contribution in [0.1, 0.15) is 47.2 Å². The number of rotatable bonds is 3. The molecule has 3 aromatic rings. The maximum absolute atomic E-state index is 6.68. The predicted octanol–water partition coefficient (Wildman–Crippen LogP) is 7.47. The summed E-state index contributed by atoms with van der Waals surface area (Å²) >= 11 is -1.17. The monoisotopic (exact) mass is 592 g/mol. The van der Waals surface area contributed by atoms with Crippen LogP contribution in [0.5, 0.6) is 0 Å². The number of hydrogen-bond donors (Lipinski definition) is 0. The molecular weight excluding hydrogens is 555 g/mol. The van der Waals surface area contributed by atoms with E-state index in [1.54, 1.807) is 0 Å². The van der Waals surface area contributed by atoms with Gasteiger partial charge < -0.3 is 9.80 Å². The molecule has 2 nitrogen and oxygen atoms in total. The van der Waals surface area contributed by atoms with Gasteiger partial charge in [-0.05, 0) is 13.8 Å². The van der Waals surface area contributed by atoms with Crippen LogP contribution in [-0.2, 0) is 0 Å². The number of allylic oxidation sites excluding steroid dienone is 2. The van der Waals surface area contributed by atoms with E-state index in [1.807, 2.05) is 23.9 Å². The van der Waals surface area contributed by atoms with Crippen molar-refractivity contribution in [1.29, 1.82) is 0 Å². The fraction of sp³-hybridized carbons (Fsp3) is 0.323. The van der Waals surface area contributed by atoms with Gasteiger partial charge in [-0.2, -0.15) is 0 Å². The summed E-state index contributed by atoms with van der Waals surface area (Å²) in [7, 11) is 10.7. The van der Waals surface area contributed by atoms with Crippen molar-refractivity contribution in [2.24, 2.45) is 0 Å². The fourth-order valence-corrected chi connectivity index (χ4v) is 8.28. The van der Waals surface area contributed by atoms with Crippen molar-refractivity contribution in [2.45, 2.75) is 55.4 Å². The first-order valence-electron chi connectivity index (χ1n) is 12.0. The van der Waals surface area contributed by atoms with Crippen LogP contribution >= 0.6 is 8.92 Å². The van der Waals surface area contributed by atoms with Gasteiger partial charge in [0.25, 0.3) is 0 Å². The van der Waals surface area contributed by atoms with E-state index in [0.29, 0.717) is 0 Å². The Morgan fingerprint density at radius 2 is 0.971 bits per heavy atom. The molecule has 0 amide bonds. The Morgan fingerprint density at radius 1 is 0.629 bits per heavy atom. The van der Waals surface area contributed by atoms with Gasteiger partial charge in [0.2, 0.25) is 6.67 Å². The predicted molar refractivity (Wildman–Crippen MR) is 154 cm³/mol. The third-order valence-corrected chi connectivity index (χ3v) is 10.2. The molecule has 0 saturated carbocycles. The molecule has 0 bridgehead atoms. The van der Waals surface area contributed by atoms with Gasteiger partial charge in [-0.15, -0.1) is 0 Å². The van der Waals surface area contributed by atoms with Crippen LogP contribution in [0.3, 0.4) is 0 Å². The van der Waals surface area contributed by atoms with Crippen LogP contribution in [0.25, 0.3) is 22.3 Å². The zero-order valence-corrected chi connectivity index (χ0v) is 26.4. The molecule has 0 unspecified atom stereocenters. The average Bonchev–Trinajstić information content (AvgIpc) is 2.98. The summed E-state index contributed by atoms with van der Waals surface area (Å²) in [5.41, 5.74) is 15.9. The molecule has 1 aliphatic heterocycles. The molecule has 0 saturated heterocycles. The van der Waals surface area contributed by atoms with Gasteiger partial charge in [-0.25, -0.2) is 0 Å². The van der Waals surface area contributed by atoms with E-state index < -0.39 is 20.0 Å². The van der Waals surface area contributed by atoms with Gasteiger partial charge >= 0.3 is 172 Å². The number of halogens is 1. The van der Waals surface area contributed by atoms with Gasteiger partial charge in [0.1, 0.15) is 0 Å². The summed E-state index contributed by atoms with van der Waals surface area (Å²) in [6, 6.07) is 15.8. The normalized spacial score (nSPS) is 13.3. The van der Waals surface area contributed by atoms with E-state index >= 15 is 0 Å². The van der Waals surface area contributed by atoms with Crippen molar-refractivity contribution in [1.82, 2.24) is 9.80 Å². The average molecular weight is 592 g/mol. The Balaban J connectivity index is 0.000000320. The maximum atomic E-state index is 6.68. The molecule has 35 heavy (non-hydrogen) atoms. The third kappa shape index (κ3) is 5.91. The minimum atomic E-state index is -1.17. The summed E-state index contributed by atoms with van der Waals surface area (Å²) in [4.78, 5) is 3.99. The summed E-state index contributed by atoms with van der Waals surface area (Å²) in [5.74, 6) is 0. The zero-order valence-electron chi connectivity index (χ0n) is 22.8. The number of nitrogens with zero attached hydrogens (tertiary/aromatic N) is 2. The first-order valence-corrected chi connectivity index (χ1v) is 17.1. The van der Waals surface area contributed by atoms with E-state index in [9.17, 15) is 0 Å². The number of benzene rings is 3. The summed E-state index contributed by atoms with van der Waals surface area (Å²) in [5, 5.41) is 0. The van der Waals surface area contributed by atoms with Gasteiger partial charge in [0.05, 0.1) is 0 Å². The fourth-order valence-electron chi connectivity index (χ4n) is 5.14. The summed E-state index contributed by atoms with van der Waals surface area (Å²) in [6.07, 6.45) is 0. The first kappa shape index (κ1) is 27.7. The van der Waals surface area contributed by atoms with E-state index in [1.165, 1.54) is 70.6 Å². The van der Waals surface area contributed by atoms with Crippen molar-refractivity contribution in [3.63, 3.8) is 0 Å². The van der Waals surface area contributed by atoms with E-state index in [4.69, 9.17) is 8.92 Å². The zero-order chi connectivity index (χ0) is 26.0. The molecule has 4 rings (SSSR count). The van der Waals surface area contributed by atoms with E-state index in [-0.39, 0.29) is 0 Å². The molecule has 1 aliphatic rings. The van der Waals surface area contributed by atoms with Crippen LogP contribution in [-0.4, -0.2) is 43.9 Å². The van der Waals surface area contributed by atoms with Crippen molar-refractivity contribution in [3.05, 3.63) is 93.9 Å². The Bertz CT molecular complexity index is 1140. The molecular formula is C31H37ClN2Sn. The van der Waals surface area contributed by atoms with Crippen LogP contribution in [0.2, 0.25) is 0 Å². The molecule has 1 heterocycles. The minimum absolute atomic E-state index is 1.17. The molecule has 0 aliphatic carbocycles. The molecule has 0 spiro atoms. The number of aryl methyl sites for hydroxylation is 6. The molecule has 4 radical (unpaired) electrons. The van der Waals surface area contributed by atoms with Crippen molar-refractivity contribution in [3.8, 4) is 22.3 Å². The third-order valence-electron chi connectivity index (χ3n) is 6.88. The van der Waals surface area contributed by atoms with Crippen LogP contribution in [0.15, 0.2) is 53.9 Å². The standard InChI is InChI=1S/C24H25.C7H12N2.ClH.Sn/c1-15-10-17(3)23(18(4)11-15)21-8-7-9-22(14-21)24-19(5)12-16(2)13-20(24)6;1-6-7(2)9(4)5-8(6)3;;/h7-13H,1-6H3;1-4H3;1H;/q;;;+1/p-1. The van der Waals surface area contributed by atoms with Crippen molar-refractivity contribution < 1.29 is 0 Å². The molecule has 4 heteroatoms. The van der Waals surface area contributed by atoms with Gasteiger partial charge in [0, 0.05) is 25.5 Å². The summed E-state index contributed by atoms with van der Waals surface area (Å²) in [6.45, 7) is 20.5. The van der Waals surface area contributed by atoms with Crippen LogP contribution in [0.4, 0.5) is 0 Å². The van der Waals surface area contributed by atoms with Crippen LogP contribution < -0.4 is 3.58 Å². The van der Waals surface area contributed by atoms with E-state index in [0.717, 1.165) is 0 Å². The molecule has 0 aromatic heterocycles. The Kier molecular flexibility index (Phi) is 9.04. The SMILES string of the molecule is CC1=C(C)N(C)[C]N1C.Cc1cc(C)c(-c2cccc(-c3c(C)cc(C)cc3C)[c]2[Sn][Cl])c(C)c1. The molecule has 0 fully saturated rings. The second kappa shape index (κ2) is 11.4. The topological polar surface area (TPSA) is 6.48 Å². The second-order valence-corrected chi connectivity index (χ2v) is 13.0. The van der Waals surface area contributed by atoms with Gasteiger partial charge in [0.15, 0.2) is 0 Å². The molecule has 3 aromatic carbocycles. The molecule has 182 valence electrons. The molecule has 0 N–H and O–H groups in total. The van der Waals surface area contributed by atoms with Crippen molar-refractivity contribution in [2.75, 3.05) is 14.1 Å².